The van der Waals surface area contributed by atoms with Gasteiger partial charge in [0.05, 0.1) is 0 Å². The summed E-state index contributed by atoms with van der Waals surface area (Å²) in [7, 11) is 0.893. The van der Waals surface area contributed by atoms with Crippen LogP contribution in [0.25, 0.3) is 0 Å². The van der Waals surface area contributed by atoms with Crippen LogP contribution in [-0.4, -0.2) is 27.2 Å². The third-order valence-electron chi connectivity index (χ3n) is 1.26. The van der Waals surface area contributed by atoms with Gasteiger partial charge in [-0.15, -0.1) is 0 Å². The molecule has 1 unspecified atom stereocenters. The zero-order chi connectivity index (χ0) is 8.91. The Kier molecular flexibility index (Phi) is 4.61. The van der Waals surface area contributed by atoms with Crippen molar-refractivity contribution in [1.82, 2.24) is 0 Å². The van der Waals surface area contributed by atoms with Gasteiger partial charge in [-0.25, -0.2) is 0 Å². The minimum atomic E-state index is -3.13. The molecule has 0 aliphatic rings. The average Bonchev–Trinajstić information content (AvgIpc) is 2.06. The average molecular weight is 180 g/mol. The van der Waals surface area contributed by atoms with Gasteiger partial charge in [0, 0.05) is 21.3 Å². The van der Waals surface area contributed by atoms with Crippen molar-refractivity contribution in [1.29, 1.82) is 0 Å². The molecule has 66 valence electrons. The van der Waals surface area contributed by atoms with Gasteiger partial charge in [-0.1, -0.05) is 12.7 Å². The molecular weight excluding hydrogens is 167 g/mol. The van der Waals surface area contributed by atoms with Crippen molar-refractivity contribution in [3.05, 3.63) is 12.7 Å². The summed E-state index contributed by atoms with van der Waals surface area (Å²) >= 11 is 0. The number of hydrogen-bond acceptors (Lipinski definition) is 4. The lowest BCUT2D eigenvalue weighted by molar-refractivity contribution is 0.151. The Hall–Kier alpha value is -0.150. The van der Waals surface area contributed by atoms with E-state index in [0.717, 1.165) is 0 Å². The van der Waals surface area contributed by atoms with Crippen molar-refractivity contribution >= 4 is 7.60 Å². The third-order valence-corrected chi connectivity index (χ3v) is 3.33. The van der Waals surface area contributed by atoms with E-state index in [0.29, 0.717) is 0 Å². The molecule has 0 heterocycles. The van der Waals surface area contributed by atoms with Gasteiger partial charge in [-0.2, -0.15) is 0 Å². The molecule has 0 saturated heterocycles. The van der Waals surface area contributed by atoms with Crippen molar-refractivity contribution in [2.75, 3.05) is 21.3 Å². The molecule has 0 amide bonds. The van der Waals surface area contributed by atoms with Gasteiger partial charge < -0.3 is 13.8 Å². The Morgan fingerprint density at radius 2 is 1.82 bits per heavy atom. The maximum Gasteiger partial charge on any atom is 0.362 e. The van der Waals surface area contributed by atoms with Gasteiger partial charge in [-0.3, -0.25) is 4.57 Å². The zero-order valence-corrected chi connectivity index (χ0v) is 7.84. The third kappa shape index (κ3) is 2.42. The minimum absolute atomic E-state index is 0.697. The van der Waals surface area contributed by atoms with Crippen LogP contribution >= 0.6 is 7.60 Å². The number of hydrogen-bond donors (Lipinski definition) is 0. The van der Waals surface area contributed by atoms with E-state index in [4.69, 9.17) is 4.74 Å². The molecule has 0 fully saturated rings. The first-order valence-corrected chi connectivity index (χ1v) is 4.62. The van der Waals surface area contributed by atoms with Crippen LogP contribution in [0.4, 0.5) is 0 Å². The van der Waals surface area contributed by atoms with Crippen molar-refractivity contribution in [2.24, 2.45) is 0 Å². The highest BCUT2D eigenvalue weighted by Crippen LogP contribution is 2.52. The van der Waals surface area contributed by atoms with Crippen LogP contribution in [0.1, 0.15) is 0 Å². The first kappa shape index (κ1) is 10.8. The second kappa shape index (κ2) is 4.67. The van der Waals surface area contributed by atoms with Crippen molar-refractivity contribution in [2.45, 2.75) is 5.85 Å². The normalized spacial score (nSPS) is 14.5. The molecule has 0 rings (SSSR count). The molecule has 0 bridgehead atoms. The Balaban J connectivity index is 4.45. The van der Waals surface area contributed by atoms with Crippen LogP contribution < -0.4 is 0 Å². The van der Waals surface area contributed by atoms with E-state index in [2.05, 4.69) is 15.6 Å². The Bertz CT molecular complexity index is 160. The summed E-state index contributed by atoms with van der Waals surface area (Å²) in [6, 6.07) is 0. The molecule has 0 aromatic carbocycles. The summed E-state index contributed by atoms with van der Waals surface area (Å²) in [4.78, 5) is 0. The van der Waals surface area contributed by atoms with Crippen LogP contribution in [0.3, 0.4) is 0 Å². The summed E-state index contributed by atoms with van der Waals surface area (Å²) < 4.78 is 25.6. The van der Waals surface area contributed by atoms with E-state index >= 15 is 0 Å². The highest BCUT2D eigenvalue weighted by atomic mass is 31.2. The molecule has 0 radical (unpaired) electrons. The monoisotopic (exact) mass is 180 g/mol. The van der Waals surface area contributed by atoms with E-state index in [1.54, 1.807) is 0 Å². The molecule has 1 atom stereocenters. The standard InChI is InChI=1S/C6H13O4P/c1-5-6(8-2)11(7,9-3)10-4/h5-6H,1H2,2-4H3. The molecule has 0 aliphatic carbocycles. The van der Waals surface area contributed by atoms with E-state index < -0.39 is 13.4 Å². The lowest BCUT2D eigenvalue weighted by Crippen LogP contribution is -2.09. The minimum Gasteiger partial charge on any atom is -0.365 e. The molecule has 0 aromatic rings. The highest BCUT2D eigenvalue weighted by Gasteiger charge is 2.31. The first-order chi connectivity index (χ1) is 5.14. The fourth-order valence-electron chi connectivity index (χ4n) is 0.637. The number of ether oxygens (including phenoxy) is 1. The molecule has 11 heavy (non-hydrogen) atoms. The van der Waals surface area contributed by atoms with E-state index in [-0.39, 0.29) is 0 Å². The van der Waals surface area contributed by atoms with Crippen LogP contribution in [0.15, 0.2) is 12.7 Å². The van der Waals surface area contributed by atoms with Crippen molar-refractivity contribution in [3.8, 4) is 0 Å². The Morgan fingerprint density at radius 3 is 1.91 bits per heavy atom. The van der Waals surface area contributed by atoms with Crippen molar-refractivity contribution < 1.29 is 18.3 Å². The van der Waals surface area contributed by atoms with E-state index in [1.807, 2.05) is 0 Å². The predicted octanol–water partition coefficient (Wildman–Crippen LogP) is 1.63. The second-order valence-electron chi connectivity index (χ2n) is 1.77. The van der Waals surface area contributed by atoms with Crippen LogP contribution in [0.5, 0.6) is 0 Å². The first-order valence-electron chi connectivity index (χ1n) is 3.01. The molecule has 0 aliphatic heterocycles. The molecule has 4 nitrogen and oxygen atoms in total. The summed E-state index contributed by atoms with van der Waals surface area (Å²) in [5.74, 6) is -0.697. The zero-order valence-electron chi connectivity index (χ0n) is 6.94. The topological polar surface area (TPSA) is 44.8 Å². The Morgan fingerprint density at radius 1 is 1.36 bits per heavy atom. The maximum absolute atomic E-state index is 11.5. The molecule has 5 heteroatoms. The summed E-state index contributed by atoms with van der Waals surface area (Å²) in [6.45, 7) is 3.44. The van der Waals surface area contributed by atoms with Crippen molar-refractivity contribution in [3.63, 3.8) is 0 Å². The van der Waals surface area contributed by atoms with Crippen LogP contribution in [0, 0.1) is 0 Å². The maximum atomic E-state index is 11.5. The molecule has 0 spiro atoms. The largest absolute Gasteiger partial charge is 0.365 e. The fourth-order valence-corrected chi connectivity index (χ4v) is 1.72. The van der Waals surface area contributed by atoms with Gasteiger partial charge in [-0.05, 0) is 0 Å². The molecular formula is C6H13O4P. The molecule has 0 aromatic heterocycles. The highest BCUT2D eigenvalue weighted by molar-refractivity contribution is 7.54. The van der Waals surface area contributed by atoms with Crippen LogP contribution in [-0.2, 0) is 18.3 Å². The molecule has 0 saturated carbocycles. The van der Waals surface area contributed by atoms with Gasteiger partial charge in [0.2, 0.25) is 0 Å². The second-order valence-corrected chi connectivity index (χ2v) is 4.09. The van der Waals surface area contributed by atoms with Gasteiger partial charge in [0.25, 0.3) is 0 Å². The quantitative estimate of drug-likeness (QED) is 0.476. The SMILES string of the molecule is C=CC(OC)P(=O)(OC)OC. The Labute approximate surface area is 66.7 Å². The van der Waals surface area contributed by atoms with Gasteiger partial charge in [0.1, 0.15) is 0 Å². The number of rotatable bonds is 5. The smallest absolute Gasteiger partial charge is 0.362 e. The summed E-state index contributed by atoms with van der Waals surface area (Å²) in [6.07, 6.45) is 1.38. The van der Waals surface area contributed by atoms with E-state index in [1.165, 1.54) is 27.4 Å². The summed E-state index contributed by atoms with van der Waals surface area (Å²) in [5.41, 5.74) is 0. The fraction of sp³-hybridized carbons (Fsp3) is 0.667. The molecule has 0 N–H and O–H groups in total. The predicted molar refractivity (Wildman–Crippen MR) is 42.6 cm³/mol. The number of methoxy groups -OCH3 is 1. The van der Waals surface area contributed by atoms with Crippen LogP contribution in [0.2, 0.25) is 0 Å². The van der Waals surface area contributed by atoms with Gasteiger partial charge in [0.15, 0.2) is 5.85 Å². The summed E-state index contributed by atoms with van der Waals surface area (Å²) in [5, 5.41) is 0. The van der Waals surface area contributed by atoms with Gasteiger partial charge >= 0.3 is 7.60 Å². The lowest BCUT2D eigenvalue weighted by atomic mass is 10.7. The lowest BCUT2D eigenvalue weighted by Gasteiger charge is -2.19. The van der Waals surface area contributed by atoms with E-state index in [9.17, 15) is 4.57 Å².